The van der Waals surface area contributed by atoms with Crippen LogP contribution in [0.4, 0.5) is 11.4 Å². The standard InChI is InChI=1S/C25H27N3O3S2/c1-4-7-16-28-22(29)21(23-27(5-2)19-10-8-9-11-20(19)32-23)33-25(28)26-18-14-12-17(13-15-18)24(30)31-6-3/h8-15H,4-7,16H2,1-3H3/b23-21-,26-25?. The highest BCUT2D eigenvalue weighted by molar-refractivity contribution is 8.19. The number of hydrogen-bond donors (Lipinski definition) is 0. The number of esters is 1. The zero-order chi connectivity index (χ0) is 23.4. The van der Waals surface area contributed by atoms with E-state index in [2.05, 4.69) is 30.9 Å². The van der Waals surface area contributed by atoms with Crippen molar-refractivity contribution in [1.29, 1.82) is 0 Å². The number of anilines is 1. The Balaban J connectivity index is 1.67. The third-order valence-corrected chi connectivity index (χ3v) is 7.70. The summed E-state index contributed by atoms with van der Waals surface area (Å²) in [7, 11) is 0. The summed E-state index contributed by atoms with van der Waals surface area (Å²) in [5.74, 6) is -0.347. The third-order valence-electron chi connectivity index (χ3n) is 5.32. The van der Waals surface area contributed by atoms with Crippen LogP contribution < -0.4 is 4.90 Å². The zero-order valence-corrected chi connectivity index (χ0v) is 20.7. The van der Waals surface area contributed by atoms with Crippen LogP contribution in [0.5, 0.6) is 0 Å². The summed E-state index contributed by atoms with van der Waals surface area (Å²) in [5.41, 5.74) is 2.32. The maximum absolute atomic E-state index is 13.5. The predicted octanol–water partition coefficient (Wildman–Crippen LogP) is 6.03. The molecule has 0 spiro atoms. The summed E-state index contributed by atoms with van der Waals surface area (Å²) in [4.78, 5) is 36.1. The van der Waals surface area contributed by atoms with Crippen LogP contribution in [0, 0.1) is 0 Å². The van der Waals surface area contributed by atoms with Gasteiger partial charge in [-0.15, -0.1) is 0 Å². The van der Waals surface area contributed by atoms with Crippen molar-refractivity contribution < 1.29 is 14.3 Å². The molecule has 0 N–H and O–H groups in total. The maximum atomic E-state index is 13.5. The van der Waals surface area contributed by atoms with Gasteiger partial charge in [-0.25, -0.2) is 9.79 Å². The molecule has 0 radical (unpaired) electrons. The first-order valence-corrected chi connectivity index (χ1v) is 12.8. The van der Waals surface area contributed by atoms with Crippen LogP contribution in [-0.2, 0) is 9.53 Å². The van der Waals surface area contributed by atoms with E-state index >= 15 is 0 Å². The van der Waals surface area contributed by atoms with Gasteiger partial charge in [0.05, 0.1) is 23.5 Å². The first-order valence-electron chi connectivity index (χ1n) is 11.2. The topological polar surface area (TPSA) is 62.2 Å². The molecular weight excluding hydrogens is 454 g/mol. The molecule has 2 aliphatic rings. The molecule has 2 heterocycles. The number of amides is 1. The van der Waals surface area contributed by atoms with Crippen LogP contribution in [-0.4, -0.2) is 41.6 Å². The lowest BCUT2D eigenvalue weighted by molar-refractivity contribution is -0.122. The Kier molecular flexibility index (Phi) is 7.45. The average molecular weight is 482 g/mol. The Morgan fingerprint density at radius 1 is 1.00 bits per heavy atom. The van der Waals surface area contributed by atoms with Crippen LogP contribution in [0.2, 0.25) is 0 Å². The van der Waals surface area contributed by atoms with E-state index in [0.717, 1.165) is 39.9 Å². The van der Waals surface area contributed by atoms with E-state index in [9.17, 15) is 9.59 Å². The highest BCUT2D eigenvalue weighted by atomic mass is 32.2. The van der Waals surface area contributed by atoms with E-state index in [1.165, 1.54) is 11.8 Å². The highest BCUT2D eigenvalue weighted by Gasteiger charge is 2.39. The summed E-state index contributed by atoms with van der Waals surface area (Å²) in [6.07, 6.45) is 1.89. The Bertz CT molecular complexity index is 1110. The van der Waals surface area contributed by atoms with Gasteiger partial charge in [0.1, 0.15) is 9.93 Å². The molecule has 2 aromatic carbocycles. The van der Waals surface area contributed by atoms with Gasteiger partial charge in [-0.2, -0.15) is 0 Å². The number of para-hydroxylation sites is 1. The molecule has 2 aromatic rings. The fourth-order valence-corrected chi connectivity index (χ4v) is 6.06. The van der Waals surface area contributed by atoms with Crippen molar-refractivity contribution in [2.75, 3.05) is 24.6 Å². The van der Waals surface area contributed by atoms with Gasteiger partial charge < -0.3 is 9.64 Å². The van der Waals surface area contributed by atoms with Crippen LogP contribution in [0.1, 0.15) is 44.0 Å². The second-order valence-electron chi connectivity index (χ2n) is 7.52. The van der Waals surface area contributed by atoms with Gasteiger partial charge in [0, 0.05) is 18.0 Å². The molecular formula is C25H27N3O3S2. The van der Waals surface area contributed by atoms with Gasteiger partial charge in [-0.3, -0.25) is 9.69 Å². The molecule has 0 aliphatic carbocycles. The Morgan fingerprint density at radius 3 is 2.45 bits per heavy atom. The van der Waals surface area contributed by atoms with Crippen LogP contribution in [0.15, 0.2) is 68.4 Å². The quantitative estimate of drug-likeness (QED) is 0.356. The molecule has 0 atom stereocenters. The Hall–Kier alpha value is -2.71. The van der Waals surface area contributed by atoms with Gasteiger partial charge in [-0.1, -0.05) is 37.2 Å². The minimum Gasteiger partial charge on any atom is -0.462 e. The molecule has 0 aromatic heterocycles. The number of carbonyl (C=O) groups excluding carboxylic acids is 2. The fourth-order valence-electron chi connectivity index (χ4n) is 3.65. The molecule has 1 amide bonds. The fraction of sp³-hybridized carbons (Fsp3) is 0.320. The van der Waals surface area contributed by atoms with E-state index in [4.69, 9.17) is 9.73 Å². The first kappa shape index (κ1) is 23.4. The number of unbranched alkanes of at least 4 members (excludes halogenated alkanes) is 1. The number of rotatable bonds is 7. The average Bonchev–Trinajstić information content (AvgIpc) is 3.35. The van der Waals surface area contributed by atoms with Crippen molar-refractivity contribution in [2.45, 2.75) is 38.5 Å². The van der Waals surface area contributed by atoms with E-state index in [1.54, 1.807) is 47.9 Å². The van der Waals surface area contributed by atoms with E-state index in [-0.39, 0.29) is 11.9 Å². The summed E-state index contributed by atoms with van der Waals surface area (Å²) < 4.78 is 5.05. The van der Waals surface area contributed by atoms with Crippen molar-refractivity contribution in [2.24, 2.45) is 4.99 Å². The van der Waals surface area contributed by atoms with Gasteiger partial charge >= 0.3 is 5.97 Å². The largest absolute Gasteiger partial charge is 0.462 e. The lowest BCUT2D eigenvalue weighted by atomic mass is 10.2. The molecule has 172 valence electrons. The van der Waals surface area contributed by atoms with Crippen LogP contribution in [0.25, 0.3) is 0 Å². The summed E-state index contributed by atoms with van der Waals surface area (Å²) in [6.45, 7) is 7.74. The Labute approximate surface area is 203 Å². The highest BCUT2D eigenvalue weighted by Crippen LogP contribution is 2.50. The number of amidine groups is 1. The molecule has 0 saturated carbocycles. The molecule has 33 heavy (non-hydrogen) atoms. The van der Waals surface area contributed by atoms with Crippen LogP contribution in [0.3, 0.4) is 0 Å². The second-order valence-corrected chi connectivity index (χ2v) is 9.53. The lowest BCUT2D eigenvalue weighted by Gasteiger charge is -2.19. The molecule has 6 nitrogen and oxygen atoms in total. The number of fused-ring (bicyclic) bond motifs is 1. The number of benzene rings is 2. The number of thioether (sulfide) groups is 2. The summed E-state index contributed by atoms with van der Waals surface area (Å²) in [5, 5.41) is 1.64. The lowest BCUT2D eigenvalue weighted by Crippen LogP contribution is -2.30. The zero-order valence-electron chi connectivity index (χ0n) is 19.0. The molecule has 1 fully saturated rings. The first-order chi connectivity index (χ1) is 16.1. The molecule has 4 rings (SSSR count). The monoisotopic (exact) mass is 481 g/mol. The third kappa shape index (κ3) is 4.82. The van der Waals surface area contributed by atoms with Gasteiger partial charge in [-0.05, 0) is 68.4 Å². The van der Waals surface area contributed by atoms with E-state index in [0.29, 0.717) is 29.6 Å². The molecule has 2 aliphatic heterocycles. The molecule has 0 unspecified atom stereocenters. The smallest absolute Gasteiger partial charge is 0.338 e. The van der Waals surface area contributed by atoms with Crippen molar-refractivity contribution in [3.63, 3.8) is 0 Å². The minimum atomic E-state index is -0.351. The number of ether oxygens (including phenoxy) is 1. The molecule has 0 bridgehead atoms. The SMILES string of the molecule is CCCCN1C(=O)/C(=C2/Sc3ccccc3N2CC)SC1=Nc1ccc(C(=O)OCC)cc1. The normalized spacial score (nSPS) is 18.9. The van der Waals surface area contributed by atoms with E-state index < -0.39 is 0 Å². The van der Waals surface area contributed by atoms with Crippen molar-refractivity contribution in [3.05, 3.63) is 64.0 Å². The Morgan fingerprint density at radius 2 is 1.76 bits per heavy atom. The maximum Gasteiger partial charge on any atom is 0.338 e. The molecule has 1 saturated heterocycles. The second kappa shape index (κ2) is 10.5. The van der Waals surface area contributed by atoms with Crippen molar-refractivity contribution >= 4 is 51.9 Å². The van der Waals surface area contributed by atoms with Gasteiger partial charge in [0.25, 0.3) is 5.91 Å². The molecule has 8 heteroatoms. The predicted molar refractivity (Wildman–Crippen MR) is 136 cm³/mol. The number of hydrogen-bond acceptors (Lipinski definition) is 7. The van der Waals surface area contributed by atoms with Crippen LogP contribution >= 0.6 is 23.5 Å². The number of nitrogens with zero attached hydrogens (tertiary/aromatic N) is 3. The van der Waals surface area contributed by atoms with Crippen molar-refractivity contribution in [1.82, 2.24) is 4.90 Å². The number of aliphatic imine (C=N–C) groups is 1. The number of carbonyl (C=O) groups is 2. The summed E-state index contributed by atoms with van der Waals surface area (Å²) >= 11 is 3.07. The van der Waals surface area contributed by atoms with Gasteiger partial charge in [0.2, 0.25) is 0 Å². The van der Waals surface area contributed by atoms with E-state index in [1.807, 2.05) is 12.1 Å². The van der Waals surface area contributed by atoms with Crippen molar-refractivity contribution in [3.8, 4) is 0 Å². The van der Waals surface area contributed by atoms with Gasteiger partial charge in [0.15, 0.2) is 5.17 Å². The minimum absolute atomic E-state index is 0.00380. The summed E-state index contributed by atoms with van der Waals surface area (Å²) in [6, 6.07) is 15.2.